The maximum absolute atomic E-state index is 12.4. The maximum Gasteiger partial charge on any atom is 0.211 e. The van der Waals surface area contributed by atoms with Crippen LogP contribution in [-0.2, 0) is 34.3 Å². The molecule has 3 aromatic rings. The first-order valence-electron chi connectivity index (χ1n) is 12.7. The largest absolute Gasteiger partial charge is 0.508 e. The SMILES string of the molecule is CS(=O)(=O)N1CCc2c(c(-c3ccc(Cl)c(C#Cc4ccc(O)cc4)c3)nn2CCCN2CCOCC2)C1. The molecule has 0 saturated carbocycles. The molecule has 0 amide bonds. The van der Waals surface area contributed by atoms with Gasteiger partial charge in [-0.1, -0.05) is 29.5 Å². The number of nitrogens with zero attached hydrogens (tertiary/aromatic N) is 4. The van der Waals surface area contributed by atoms with Crippen LogP contribution in [-0.4, -0.2) is 78.2 Å². The Morgan fingerprint density at radius 3 is 2.55 bits per heavy atom. The Hall–Kier alpha value is -2.87. The standard InChI is InChI=1S/C28H31ClN4O4S/c1-38(35,36)32-14-11-27-25(20-32)28(30-33(27)13-2-12-31-15-17-37-18-16-31)23-7-10-26(29)22(19-23)6-3-21-4-8-24(34)9-5-21/h4-5,7-10,19,34H,2,11-18,20H2,1H3. The Morgan fingerprint density at radius 1 is 1.05 bits per heavy atom. The van der Waals surface area contributed by atoms with Crippen molar-refractivity contribution in [3.8, 4) is 28.8 Å². The fraction of sp³-hybridized carbons (Fsp3) is 0.393. The summed E-state index contributed by atoms with van der Waals surface area (Å²) in [5, 5.41) is 15.0. The van der Waals surface area contributed by atoms with Gasteiger partial charge in [0.1, 0.15) is 5.75 Å². The Balaban J connectivity index is 1.45. The normalized spacial score (nSPS) is 16.6. The number of halogens is 1. The summed E-state index contributed by atoms with van der Waals surface area (Å²) >= 11 is 6.48. The van der Waals surface area contributed by atoms with Gasteiger partial charge in [-0.2, -0.15) is 9.40 Å². The van der Waals surface area contributed by atoms with Gasteiger partial charge >= 0.3 is 0 Å². The van der Waals surface area contributed by atoms with Crippen LogP contribution < -0.4 is 0 Å². The van der Waals surface area contributed by atoms with Crippen LogP contribution in [0.5, 0.6) is 5.75 Å². The first-order valence-corrected chi connectivity index (χ1v) is 15.0. The molecule has 5 rings (SSSR count). The minimum absolute atomic E-state index is 0.184. The summed E-state index contributed by atoms with van der Waals surface area (Å²) in [6.07, 6.45) is 2.82. The molecule has 38 heavy (non-hydrogen) atoms. The van der Waals surface area contributed by atoms with Gasteiger partial charge in [-0.05, 0) is 42.8 Å². The summed E-state index contributed by atoms with van der Waals surface area (Å²) < 4.78 is 33.8. The Bertz CT molecular complexity index is 1470. The smallest absolute Gasteiger partial charge is 0.211 e. The molecule has 0 spiro atoms. The molecule has 2 aromatic carbocycles. The van der Waals surface area contributed by atoms with E-state index in [2.05, 4.69) is 21.4 Å². The number of aromatic hydroxyl groups is 1. The van der Waals surface area contributed by atoms with Gasteiger partial charge in [0.05, 0.1) is 30.2 Å². The quantitative estimate of drug-likeness (QED) is 0.470. The topological polar surface area (TPSA) is 87.9 Å². The van der Waals surface area contributed by atoms with E-state index in [1.807, 2.05) is 12.1 Å². The molecule has 200 valence electrons. The molecule has 0 atom stereocenters. The van der Waals surface area contributed by atoms with Gasteiger partial charge < -0.3 is 9.84 Å². The zero-order valence-electron chi connectivity index (χ0n) is 21.4. The molecule has 1 saturated heterocycles. The van der Waals surface area contributed by atoms with Crippen molar-refractivity contribution in [3.05, 3.63) is 69.9 Å². The molecule has 0 radical (unpaired) electrons. The monoisotopic (exact) mass is 554 g/mol. The molecule has 3 heterocycles. The lowest BCUT2D eigenvalue weighted by Crippen LogP contribution is -2.37. The van der Waals surface area contributed by atoms with Crippen LogP contribution in [0.15, 0.2) is 42.5 Å². The van der Waals surface area contributed by atoms with Crippen molar-refractivity contribution in [1.29, 1.82) is 0 Å². The highest BCUT2D eigenvalue weighted by Crippen LogP contribution is 2.33. The predicted octanol–water partition coefficient (Wildman–Crippen LogP) is 3.35. The van der Waals surface area contributed by atoms with Gasteiger partial charge in [-0.15, -0.1) is 0 Å². The van der Waals surface area contributed by atoms with E-state index >= 15 is 0 Å². The molecule has 1 N–H and O–H groups in total. The van der Waals surface area contributed by atoms with Crippen LogP contribution in [0.2, 0.25) is 5.02 Å². The van der Waals surface area contributed by atoms with Gasteiger partial charge in [0.25, 0.3) is 0 Å². The van der Waals surface area contributed by atoms with Crippen molar-refractivity contribution in [2.45, 2.75) is 25.9 Å². The number of sulfonamides is 1. The van der Waals surface area contributed by atoms with Crippen molar-refractivity contribution in [3.63, 3.8) is 0 Å². The van der Waals surface area contributed by atoms with E-state index in [-0.39, 0.29) is 5.75 Å². The number of aromatic nitrogens is 2. The van der Waals surface area contributed by atoms with Crippen molar-refractivity contribution >= 4 is 21.6 Å². The minimum atomic E-state index is -3.33. The molecular formula is C28H31ClN4O4S. The highest BCUT2D eigenvalue weighted by Gasteiger charge is 2.30. The molecule has 0 bridgehead atoms. The van der Waals surface area contributed by atoms with Crippen LogP contribution in [0.4, 0.5) is 0 Å². The van der Waals surface area contributed by atoms with Crippen molar-refractivity contribution in [1.82, 2.24) is 19.0 Å². The van der Waals surface area contributed by atoms with Crippen molar-refractivity contribution in [2.75, 3.05) is 45.6 Å². The lowest BCUT2D eigenvalue weighted by atomic mass is 10.0. The molecule has 2 aliphatic heterocycles. The number of rotatable bonds is 6. The Kier molecular flexibility index (Phi) is 8.07. The molecule has 0 aliphatic carbocycles. The number of hydrogen-bond acceptors (Lipinski definition) is 6. The van der Waals surface area contributed by atoms with Crippen LogP contribution in [0.25, 0.3) is 11.3 Å². The lowest BCUT2D eigenvalue weighted by molar-refractivity contribution is 0.0368. The van der Waals surface area contributed by atoms with Gasteiger partial charge in [-0.3, -0.25) is 9.58 Å². The van der Waals surface area contributed by atoms with E-state index in [0.717, 1.165) is 73.9 Å². The highest BCUT2D eigenvalue weighted by molar-refractivity contribution is 7.88. The molecule has 10 heteroatoms. The summed E-state index contributed by atoms with van der Waals surface area (Å²) in [6.45, 7) is 5.93. The van der Waals surface area contributed by atoms with Crippen LogP contribution in [0.1, 0.15) is 28.8 Å². The number of phenolic OH excluding ortho intramolecular Hbond substituents is 1. The Morgan fingerprint density at radius 2 is 1.82 bits per heavy atom. The third-order valence-corrected chi connectivity index (χ3v) is 8.54. The third kappa shape index (κ3) is 6.22. The number of aryl methyl sites for hydroxylation is 1. The average molecular weight is 555 g/mol. The summed E-state index contributed by atoms with van der Waals surface area (Å²) in [4.78, 5) is 2.41. The lowest BCUT2D eigenvalue weighted by Gasteiger charge is -2.27. The van der Waals surface area contributed by atoms with E-state index in [1.165, 1.54) is 10.6 Å². The molecule has 1 aromatic heterocycles. The van der Waals surface area contributed by atoms with E-state index in [9.17, 15) is 13.5 Å². The van der Waals surface area contributed by atoms with Gasteiger partial charge in [-0.25, -0.2) is 8.42 Å². The second kappa shape index (κ2) is 11.5. The Labute approximate surface area is 228 Å². The van der Waals surface area contributed by atoms with E-state index in [1.54, 1.807) is 30.3 Å². The summed E-state index contributed by atoms with van der Waals surface area (Å²) in [7, 11) is -3.33. The number of phenols is 1. The second-order valence-corrected chi connectivity index (χ2v) is 12.0. The number of ether oxygens (including phenoxy) is 1. The number of morpholine rings is 1. The number of fused-ring (bicyclic) bond motifs is 1. The van der Waals surface area contributed by atoms with Crippen molar-refractivity contribution < 1.29 is 18.3 Å². The van der Waals surface area contributed by atoms with Crippen LogP contribution >= 0.6 is 11.6 Å². The number of hydrogen-bond donors (Lipinski definition) is 1. The first kappa shape index (κ1) is 26.7. The fourth-order valence-electron chi connectivity index (χ4n) is 4.89. The van der Waals surface area contributed by atoms with Crippen molar-refractivity contribution in [2.24, 2.45) is 0 Å². The fourth-order valence-corrected chi connectivity index (χ4v) is 5.84. The highest BCUT2D eigenvalue weighted by atomic mass is 35.5. The molecular weight excluding hydrogens is 524 g/mol. The zero-order valence-corrected chi connectivity index (χ0v) is 22.9. The predicted molar refractivity (Wildman–Crippen MR) is 148 cm³/mol. The third-order valence-electron chi connectivity index (χ3n) is 6.96. The van der Waals surface area contributed by atoms with Crippen LogP contribution in [0, 0.1) is 11.8 Å². The molecule has 8 nitrogen and oxygen atoms in total. The van der Waals surface area contributed by atoms with Gasteiger partial charge in [0.2, 0.25) is 10.0 Å². The maximum atomic E-state index is 12.4. The first-order chi connectivity index (χ1) is 18.3. The second-order valence-electron chi connectivity index (χ2n) is 9.64. The zero-order chi connectivity index (χ0) is 26.7. The van der Waals surface area contributed by atoms with E-state index < -0.39 is 10.0 Å². The van der Waals surface area contributed by atoms with E-state index in [4.69, 9.17) is 21.4 Å². The summed E-state index contributed by atoms with van der Waals surface area (Å²) in [5.74, 6) is 6.40. The molecule has 2 aliphatic rings. The van der Waals surface area contributed by atoms with Gasteiger partial charge in [0, 0.05) is 73.6 Å². The average Bonchev–Trinajstić information content (AvgIpc) is 3.27. The van der Waals surface area contributed by atoms with Gasteiger partial charge in [0.15, 0.2) is 0 Å². The minimum Gasteiger partial charge on any atom is -0.508 e. The summed E-state index contributed by atoms with van der Waals surface area (Å²) in [5.41, 5.74) is 5.06. The van der Waals surface area contributed by atoms with E-state index in [0.29, 0.717) is 30.1 Å². The molecule has 1 fully saturated rings. The molecule has 0 unspecified atom stereocenters. The summed E-state index contributed by atoms with van der Waals surface area (Å²) in [6, 6.07) is 12.3. The number of benzene rings is 2. The van der Waals surface area contributed by atoms with Crippen LogP contribution in [0.3, 0.4) is 0 Å².